The maximum Gasteiger partial charge on any atom is 0.183 e. The van der Waals surface area contributed by atoms with Crippen LogP contribution >= 0.6 is 23.1 Å². The van der Waals surface area contributed by atoms with E-state index in [2.05, 4.69) is 30.4 Å². The molecule has 0 atom stereocenters. The van der Waals surface area contributed by atoms with Gasteiger partial charge in [-0.1, -0.05) is 12.8 Å². The SMILES string of the molecule is CSCCCCCCNc1nc(C)c(C)s1. The molecule has 1 heterocycles. The van der Waals surface area contributed by atoms with Gasteiger partial charge in [-0.2, -0.15) is 11.8 Å². The summed E-state index contributed by atoms with van der Waals surface area (Å²) in [6.07, 6.45) is 7.48. The predicted molar refractivity (Wildman–Crippen MR) is 76.9 cm³/mol. The average molecular weight is 258 g/mol. The van der Waals surface area contributed by atoms with E-state index in [-0.39, 0.29) is 0 Å². The van der Waals surface area contributed by atoms with E-state index in [4.69, 9.17) is 0 Å². The zero-order valence-corrected chi connectivity index (χ0v) is 12.1. The first kappa shape index (κ1) is 13.8. The average Bonchev–Trinajstić information content (AvgIpc) is 2.57. The topological polar surface area (TPSA) is 24.9 Å². The second-order valence-electron chi connectivity index (χ2n) is 3.99. The summed E-state index contributed by atoms with van der Waals surface area (Å²) in [6.45, 7) is 5.26. The molecule has 1 rings (SSSR count). The number of unbranched alkanes of at least 4 members (excludes halogenated alkanes) is 3. The largest absolute Gasteiger partial charge is 0.362 e. The Morgan fingerprint density at radius 2 is 1.94 bits per heavy atom. The molecule has 0 fully saturated rings. The molecule has 0 spiro atoms. The van der Waals surface area contributed by atoms with Gasteiger partial charge in [0.2, 0.25) is 0 Å². The molecule has 1 aromatic heterocycles. The van der Waals surface area contributed by atoms with Crippen LogP contribution in [0.5, 0.6) is 0 Å². The maximum atomic E-state index is 4.46. The van der Waals surface area contributed by atoms with Gasteiger partial charge in [0.1, 0.15) is 0 Å². The highest BCUT2D eigenvalue weighted by molar-refractivity contribution is 7.98. The second kappa shape index (κ2) is 7.96. The van der Waals surface area contributed by atoms with Gasteiger partial charge in [-0.25, -0.2) is 4.98 Å². The van der Waals surface area contributed by atoms with Crippen LogP contribution in [0.2, 0.25) is 0 Å². The zero-order valence-electron chi connectivity index (χ0n) is 10.5. The normalized spacial score (nSPS) is 10.7. The molecular weight excluding hydrogens is 236 g/mol. The lowest BCUT2D eigenvalue weighted by Gasteiger charge is -2.02. The Kier molecular flexibility index (Phi) is 6.88. The number of anilines is 1. The van der Waals surface area contributed by atoms with E-state index in [0.29, 0.717) is 0 Å². The summed E-state index contributed by atoms with van der Waals surface area (Å²) >= 11 is 3.70. The van der Waals surface area contributed by atoms with Crippen molar-refractivity contribution >= 4 is 28.2 Å². The smallest absolute Gasteiger partial charge is 0.183 e. The van der Waals surface area contributed by atoms with E-state index in [1.165, 1.54) is 36.3 Å². The molecule has 16 heavy (non-hydrogen) atoms. The van der Waals surface area contributed by atoms with Crippen molar-refractivity contribution in [1.82, 2.24) is 4.98 Å². The van der Waals surface area contributed by atoms with Crippen LogP contribution in [0.1, 0.15) is 36.3 Å². The number of rotatable bonds is 8. The van der Waals surface area contributed by atoms with Gasteiger partial charge < -0.3 is 5.32 Å². The van der Waals surface area contributed by atoms with E-state index in [1.54, 1.807) is 11.3 Å². The quantitative estimate of drug-likeness (QED) is 0.711. The van der Waals surface area contributed by atoms with Gasteiger partial charge >= 0.3 is 0 Å². The molecule has 1 aromatic rings. The van der Waals surface area contributed by atoms with Crippen molar-refractivity contribution in [3.05, 3.63) is 10.6 Å². The van der Waals surface area contributed by atoms with E-state index in [0.717, 1.165) is 17.4 Å². The minimum absolute atomic E-state index is 1.06. The van der Waals surface area contributed by atoms with Crippen molar-refractivity contribution < 1.29 is 0 Å². The molecule has 0 aliphatic carbocycles. The fourth-order valence-electron chi connectivity index (χ4n) is 1.47. The van der Waals surface area contributed by atoms with Crippen molar-refractivity contribution in [2.45, 2.75) is 39.5 Å². The highest BCUT2D eigenvalue weighted by Gasteiger charge is 2.01. The highest BCUT2D eigenvalue weighted by Crippen LogP contribution is 2.20. The molecule has 0 saturated carbocycles. The summed E-state index contributed by atoms with van der Waals surface area (Å²) in [7, 11) is 0. The van der Waals surface area contributed by atoms with Gasteiger partial charge in [0.25, 0.3) is 0 Å². The number of aromatic nitrogens is 1. The maximum absolute atomic E-state index is 4.46. The van der Waals surface area contributed by atoms with Crippen molar-refractivity contribution in [3.63, 3.8) is 0 Å². The van der Waals surface area contributed by atoms with E-state index >= 15 is 0 Å². The third kappa shape index (κ3) is 5.21. The Bertz CT molecular complexity index is 278. The number of thiazole rings is 1. The van der Waals surface area contributed by atoms with Gasteiger partial charge in [-0.15, -0.1) is 11.3 Å². The molecule has 0 aliphatic rings. The number of thioether (sulfide) groups is 1. The van der Waals surface area contributed by atoms with Gasteiger partial charge in [0.05, 0.1) is 5.69 Å². The molecule has 4 heteroatoms. The monoisotopic (exact) mass is 258 g/mol. The summed E-state index contributed by atoms with van der Waals surface area (Å²) in [6, 6.07) is 0. The van der Waals surface area contributed by atoms with Crippen LogP contribution < -0.4 is 5.32 Å². The summed E-state index contributed by atoms with van der Waals surface area (Å²) in [5.41, 5.74) is 1.16. The van der Waals surface area contributed by atoms with Gasteiger partial charge in [0, 0.05) is 11.4 Å². The third-order valence-electron chi connectivity index (χ3n) is 2.58. The van der Waals surface area contributed by atoms with E-state index < -0.39 is 0 Å². The standard InChI is InChI=1S/C12H22N2S2/c1-10-11(2)16-12(14-10)13-8-6-4-5-7-9-15-3/h4-9H2,1-3H3,(H,13,14). The molecule has 2 nitrogen and oxygen atoms in total. The van der Waals surface area contributed by atoms with Crippen molar-refractivity contribution in [2.24, 2.45) is 0 Å². The summed E-state index contributed by atoms with van der Waals surface area (Å²) in [5.74, 6) is 1.30. The number of nitrogens with zero attached hydrogens (tertiary/aromatic N) is 1. The van der Waals surface area contributed by atoms with Gasteiger partial charge in [-0.3, -0.25) is 0 Å². The molecule has 0 aliphatic heterocycles. The second-order valence-corrected chi connectivity index (χ2v) is 6.18. The van der Waals surface area contributed by atoms with Crippen LogP contribution in [0.4, 0.5) is 5.13 Å². The van der Waals surface area contributed by atoms with Crippen LogP contribution in [0.15, 0.2) is 0 Å². The van der Waals surface area contributed by atoms with Crippen LogP contribution in [0.25, 0.3) is 0 Å². The molecular formula is C12H22N2S2. The lowest BCUT2D eigenvalue weighted by atomic mass is 10.2. The minimum atomic E-state index is 1.06. The minimum Gasteiger partial charge on any atom is -0.362 e. The first-order valence-electron chi connectivity index (χ1n) is 5.91. The number of aryl methyl sites for hydroxylation is 2. The molecule has 0 aromatic carbocycles. The molecule has 0 radical (unpaired) electrons. The number of hydrogen-bond acceptors (Lipinski definition) is 4. The fraction of sp³-hybridized carbons (Fsp3) is 0.750. The summed E-state index contributed by atoms with van der Waals surface area (Å²) in [5, 5.41) is 4.48. The lowest BCUT2D eigenvalue weighted by Crippen LogP contribution is -2.00. The molecule has 92 valence electrons. The lowest BCUT2D eigenvalue weighted by molar-refractivity contribution is 0.689. The Hall–Kier alpha value is -0.220. The summed E-state index contributed by atoms with van der Waals surface area (Å²) in [4.78, 5) is 5.78. The molecule has 0 amide bonds. The van der Waals surface area contributed by atoms with Crippen LogP contribution in [-0.2, 0) is 0 Å². The third-order valence-corrected chi connectivity index (χ3v) is 4.31. The van der Waals surface area contributed by atoms with Gasteiger partial charge in [-0.05, 0) is 38.7 Å². The van der Waals surface area contributed by atoms with E-state index in [9.17, 15) is 0 Å². The van der Waals surface area contributed by atoms with Gasteiger partial charge in [0.15, 0.2) is 5.13 Å². The van der Waals surface area contributed by atoms with Crippen LogP contribution in [0, 0.1) is 13.8 Å². The first-order valence-corrected chi connectivity index (χ1v) is 8.12. The predicted octanol–water partition coefficient (Wildman–Crippen LogP) is 4.10. The van der Waals surface area contributed by atoms with Crippen LogP contribution in [0.3, 0.4) is 0 Å². The summed E-state index contributed by atoms with van der Waals surface area (Å²) < 4.78 is 0. The van der Waals surface area contributed by atoms with Crippen LogP contribution in [-0.4, -0.2) is 23.5 Å². The van der Waals surface area contributed by atoms with Crippen molar-refractivity contribution in [3.8, 4) is 0 Å². The first-order chi connectivity index (χ1) is 7.74. The number of nitrogens with one attached hydrogen (secondary N) is 1. The highest BCUT2D eigenvalue weighted by atomic mass is 32.2. The fourth-order valence-corrected chi connectivity index (χ4v) is 2.80. The molecule has 1 N–H and O–H groups in total. The molecule has 0 bridgehead atoms. The Labute approximate surface area is 107 Å². The van der Waals surface area contributed by atoms with Crippen molar-refractivity contribution in [1.29, 1.82) is 0 Å². The Morgan fingerprint density at radius 3 is 2.56 bits per heavy atom. The Morgan fingerprint density at radius 1 is 1.19 bits per heavy atom. The molecule has 0 saturated heterocycles. The van der Waals surface area contributed by atoms with E-state index in [1.807, 2.05) is 11.8 Å². The molecule has 0 unspecified atom stereocenters. The Balaban J connectivity index is 2.03. The zero-order chi connectivity index (χ0) is 11.8. The number of hydrogen-bond donors (Lipinski definition) is 1. The van der Waals surface area contributed by atoms with Crippen molar-refractivity contribution in [2.75, 3.05) is 23.9 Å².